The predicted molar refractivity (Wildman–Crippen MR) is 80.1 cm³/mol. The van der Waals surface area contributed by atoms with Crippen LogP contribution in [-0.4, -0.2) is 27.1 Å². The number of anilines is 2. The second kappa shape index (κ2) is 5.16. The van der Waals surface area contributed by atoms with Crippen LogP contribution in [-0.2, 0) is 6.42 Å². The van der Waals surface area contributed by atoms with Crippen LogP contribution >= 0.6 is 0 Å². The summed E-state index contributed by atoms with van der Waals surface area (Å²) in [4.78, 5) is 21.9. The molecule has 0 bridgehead atoms. The monoisotopic (exact) mass is 283 g/mol. The van der Waals surface area contributed by atoms with E-state index in [0.717, 1.165) is 18.5 Å². The zero-order valence-corrected chi connectivity index (χ0v) is 12.1. The Morgan fingerprint density at radius 1 is 1.33 bits per heavy atom. The molecule has 0 saturated carbocycles. The zero-order chi connectivity index (χ0) is 15.0. The van der Waals surface area contributed by atoms with Crippen LogP contribution < -0.4 is 4.90 Å². The molecule has 1 atom stereocenters. The van der Waals surface area contributed by atoms with E-state index in [1.54, 1.807) is 6.92 Å². The summed E-state index contributed by atoms with van der Waals surface area (Å²) in [6, 6.07) is 9.87. The SMILES string of the molecule is Cc1cc(C(=O)O)nc(N2c3ccccc3CCC2C)n1. The summed E-state index contributed by atoms with van der Waals surface area (Å²) in [5, 5.41) is 9.18. The van der Waals surface area contributed by atoms with E-state index < -0.39 is 5.97 Å². The molecule has 1 unspecified atom stereocenters. The first-order valence-electron chi connectivity index (χ1n) is 7.02. The van der Waals surface area contributed by atoms with Gasteiger partial charge in [-0.05, 0) is 44.4 Å². The third kappa shape index (κ3) is 2.46. The first-order valence-corrected chi connectivity index (χ1v) is 7.02. The summed E-state index contributed by atoms with van der Waals surface area (Å²) < 4.78 is 0. The normalized spacial score (nSPS) is 17.4. The van der Waals surface area contributed by atoms with Crippen molar-refractivity contribution in [2.75, 3.05) is 4.90 Å². The summed E-state index contributed by atoms with van der Waals surface area (Å²) in [7, 11) is 0. The number of fused-ring (bicyclic) bond motifs is 1. The average Bonchev–Trinajstić information content (AvgIpc) is 2.46. The van der Waals surface area contributed by atoms with Crippen molar-refractivity contribution >= 4 is 17.6 Å². The van der Waals surface area contributed by atoms with Gasteiger partial charge in [0.1, 0.15) is 0 Å². The van der Waals surface area contributed by atoms with Crippen molar-refractivity contribution in [1.29, 1.82) is 0 Å². The molecule has 1 aromatic carbocycles. The van der Waals surface area contributed by atoms with Gasteiger partial charge < -0.3 is 10.0 Å². The standard InChI is InChI=1S/C16H17N3O2/c1-10-9-13(15(20)21)18-16(17-10)19-11(2)7-8-12-5-3-4-6-14(12)19/h3-6,9,11H,7-8H2,1-2H3,(H,20,21). The van der Waals surface area contributed by atoms with E-state index in [4.69, 9.17) is 0 Å². The van der Waals surface area contributed by atoms with Gasteiger partial charge >= 0.3 is 5.97 Å². The highest BCUT2D eigenvalue weighted by Gasteiger charge is 2.26. The average molecular weight is 283 g/mol. The fourth-order valence-corrected chi connectivity index (χ4v) is 2.76. The van der Waals surface area contributed by atoms with Gasteiger partial charge in [-0.15, -0.1) is 0 Å². The van der Waals surface area contributed by atoms with Gasteiger partial charge in [0, 0.05) is 17.4 Å². The van der Waals surface area contributed by atoms with E-state index in [9.17, 15) is 9.90 Å². The van der Waals surface area contributed by atoms with Crippen molar-refractivity contribution < 1.29 is 9.90 Å². The molecule has 0 fully saturated rings. The summed E-state index contributed by atoms with van der Waals surface area (Å²) >= 11 is 0. The molecule has 2 aromatic rings. The van der Waals surface area contributed by atoms with E-state index in [-0.39, 0.29) is 11.7 Å². The molecule has 1 aromatic heterocycles. The lowest BCUT2D eigenvalue weighted by Crippen LogP contribution is -2.34. The van der Waals surface area contributed by atoms with Gasteiger partial charge in [0.2, 0.25) is 5.95 Å². The van der Waals surface area contributed by atoms with Gasteiger partial charge in [-0.2, -0.15) is 0 Å². The Morgan fingerprint density at radius 3 is 2.86 bits per heavy atom. The number of benzene rings is 1. The quantitative estimate of drug-likeness (QED) is 0.917. The van der Waals surface area contributed by atoms with Gasteiger partial charge in [-0.1, -0.05) is 18.2 Å². The molecule has 0 amide bonds. The number of hydrogen-bond donors (Lipinski definition) is 1. The Kier molecular flexibility index (Phi) is 3.33. The van der Waals surface area contributed by atoms with Crippen molar-refractivity contribution in [1.82, 2.24) is 9.97 Å². The highest BCUT2D eigenvalue weighted by molar-refractivity contribution is 5.86. The van der Waals surface area contributed by atoms with Crippen molar-refractivity contribution in [3.05, 3.63) is 47.3 Å². The molecule has 0 radical (unpaired) electrons. The summed E-state index contributed by atoms with van der Waals surface area (Å²) in [6.45, 7) is 3.90. The van der Waals surface area contributed by atoms with E-state index in [0.29, 0.717) is 11.6 Å². The Morgan fingerprint density at radius 2 is 2.10 bits per heavy atom. The van der Waals surface area contributed by atoms with Gasteiger partial charge in [0.05, 0.1) is 0 Å². The molecule has 0 spiro atoms. The molecule has 1 aliphatic rings. The van der Waals surface area contributed by atoms with E-state index in [2.05, 4.69) is 23.0 Å². The molecule has 5 nitrogen and oxygen atoms in total. The first kappa shape index (κ1) is 13.5. The Hall–Kier alpha value is -2.43. The molecule has 2 heterocycles. The van der Waals surface area contributed by atoms with Crippen LogP contribution in [0.4, 0.5) is 11.6 Å². The van der Waals surface area contributed by atoms with Crippen LogP contribution in [0, 0.1) is 6.92 Å². The maximum absolute atomic E-state index is 11.2. The molecule has 108 valence electrons. The number of aryl methyl sites for hydroxylation is 2. The molecule has 3 rings (SSSR count). The van der Waals surface area contributed by atoms with Crippen LogP contribution in [0.15, 0.2) is 30.3 Å². The fourth-order valence-electron chi connectivity index (χ4n) is 2.76. The van der Waals surface area contributed by atoms with E-state index >= 15 is 0 Å². The minimum absolute atomic E-state index is 0.0350. The van der Waals surface area contributed by atoms with Crippen molar-refractivity contribution in [3.8, 4) is 0 Å². The molecule has 1 N–H and O–H groups in total. The summed E-state index contributed by atoms with van der Waals surface area (Å²) in [5.41, 5.74) is 3.01. The largest absolute Gasteiger partial charge is 0.477 e. The first-order chi connectivity index (χ1) is 10.1. The molecule has 21 heavy (non-hydrogen) atoms. The lowest BCUT2D eigenvalue weighted by molar-refractivity contribution is 0.0690. The van der Waals surface area contributed by atoms with Crippen molar-refractivity contribution in [3.63, 3.8) is 0 Å². The lowest BCUT2D eigenvalue weighted by atomic mass is 9.97. The smallest absolute Gasteiger partial charge is 0.354 e. The number of aromatic nitrogens is 2. The van der Waals surface area contributed by atoms with Gasteiger partial charge in [-0.3, -0.25) is 0 Å². The fraction of sp³-hybridized carbons (Fsp3) is 0.312. The minimum Gasteiger partial charge on any atom is -0.477 e. The molecule has 0 aliphatic carbocycles. The number of carboxylic acids is 1. The maximum atomic E-state index is 11.2. The number of aromatic carboxylic acids is 1. The number of rotatable bonds is 2. The van der Waals surface area contributed by atoms with Crippen LogP contribution in [0.3, 0.4) is 0 Å². The third-order valence-electron chi connectivity index (χ3n) is 3.80. The molecule has 5 heteroatoms. The highest BCUT2D eigenvalue weighted by Crippen LogP contribution is 2.35. The number of carboxylic acid groups (broad SMARTS) is 1. The Balaban J connectivity index is 2.13. The van der Waals surface area contributed by atoms with E-state index in [1.807, 2.05) is 23.1 Å². The molecular formula is C16H17N3O2. The van der Waals surface area contributed by atoms with Crippen LogP contribution in [0.5, 0.6) is 0 Å². The summed E-state index contributed by atoms with van der Waals surface area (Å²) in [6.07, 6.45) is 2.02. The van der Waals surface area contributed by atoms with Crippen LogP contribution in [0.2, 0.25) is 0 Å². The maximum Gasteiger partial charge on any atom is 0.354 e. The number of hydrogen-bond acceptors (Lipinski definition) is 4. The highest BCUT2D eigenvalue weighted by atomic mass is 16.4. The second-order valence-electron chi connectivity index (χ2n) is 5.39. The Bertz CT molecular complexity index is 700. The predicted octanol–water partition coefficient (Wildman–Crippen LogP) is 2.96. The van der Waals surface area contributed by atoms with Crippen LogP contribution in [0.25, 0.3) is 0 Å². The minimum atomic E-state index is -1.03. The number of para-hydroxylation sites is 1. The molecule has 1 aliphatic heterocycles. The van der Waals surface area contributed by atoms with Crippen molar-refractivity contribution in [2.24, 2.45) is 0 Å². The Labute approximate surface area is 123 Å². The van der Waals surface area contributed by atoms with Crippen LogP contribution in [0.1, 0.15) is 35.1 Å². The number of carbonyl (C=O) groups is 1. The lowest BCUT2D eigenvalue weighted by Gasteiger charge is -2.35. The molecular weight excluding hydrogens is 266 g/mol. The van der Waals surface area contributed by atoms with Gasteiger partial charge in [-0.25, -0.2) is 14.8 Å². The zero-order valence-electron chi connectivity index (χ0n) is 12.1. The van der Waals surface area contributed by atoms with E-state index in [1.165, 1.54) is 11.6 Å². The van der Waals surface area contributed by atoms with Crippen molar-refractivity contribution in [2.45, 2.75) is 32.7 Å². The van der Waals surface area contributed by atoms with Gasteiger partial charge in [0.15, 0.2) is 5.69 Å². The summed E-state index contributed by atoms with van der Waals surface area (Å²) in [5.74, 6) is -0.563. The topological polar surface area (TPSA) is 66.3 Å². The second-order valence-corrected chi connectivity index (χ2v) is 5.39. The molecule has 0 saturated heterocycles. The van der Waals surface area contributed by atoms with Gasteiger partial charge in [0.25, 0.3) is 0 Å². The third-order valence-corrected chi connectivity index (χ3v) is 3.80. The number of nitrogens with zero attached hydrogens (tertiary/aromatic N) is 3.